The van der Waals surface area contributed by atoms with Gasteiger partial charge in [0.2, 0.25) is 0 Å². The number of aromatic hydroxyl groups is 1. The molecular formula is C27H34FN5O2. The molecule has 5 rings (SSSR count). The molecule has 4 heterocycles. The highest BCUT2D eigenvalue weighted by molar-refractivity contribution is 6.11. The number of hydrogen-bond donors (Lipinski definition) is 2. The number of carbonyl (C=O) groups excluding carboxylic acids is 1. The van der Waals surface area contributed by atoms with Gasteiger partial charge in [-0.25, -0.2) is 9.37 Å². The number of nitrogens with one attached hydrogen (secondary N) is 1. The lowest BCUT2D eigenvalue weighted by molar-refractivity contribution is 0.0247. The summed E-state index contributed by atoms with van der Waals surface area (Å²) in [5, 5.41) is 13.1. The Labute approximate surface area is 206 Å². The molecule has 0 radical (unpaired) electrons. The molecule has 0 unspecified atom stereocenters. The number of amides is 1. The van der Waals surface area contributed by atoms with Gasteiger partial charge >= 0.3 is 0 Å². The van der Waals surface area contributed by atoms with Crippen molar-refractivity contribution in [3.8, 4) is 17.0 Å². The van der Waals surface area contributed by atoms with Gasteiger partial charge in [-0.2, -0.15) is 0 Å². The van der Waals surface area contributed by atoms with E-state index in [1.54, 1.807) is 6.07 Å². The molecule has 2 fully saturated rings. The fourth-order valence-corrected chi connectivity index (χ4v) is 5.69. The summed E-state index contributed by atoms with van der Waals surface area (Å²) in [5.74, 6) is -0.0623. The molecular weight excluding hydrogens is 445 g/mol. The lowest BCUT2D eigenvalue weighted by Gasteiger charge is -2.45. The zero-order valence-corrected chi connectivity index (χ0v) is 20.7. The van der Waals surface area contributed by atoms with E-state index in [1.807, 2.05) is 11.8 Å². The smallest absolute Gasteiger partial charge is 0.255 e. The molecule has 3 aliphatic heterocycles. The summed E-state index contributed by atoms with van der Waals surface area (Å²) in [4.78, 5) is 27.6. The van der Waals surface area contributed by atoms with Crippen LogP contribution >= 0.6 is 0 Å². The average Bonchev–Trinajstić information content (AvgIpc) is 3.21. The Bertz CT molecular complexity index is 1160. The molecule has 0 aliphatic carbocycles. The van der Waals surface area contributed by atoms with Crippen molar-refractivity contribution >= 4 is 11.6 Å². The van der Waals surface area contributed by atoms with E-state index in [0.717, 1.165) is 43.5 Å². The molecule has 35 heavy (non-hydrogen) atoms. The predicted molar refractivity (Wildman–Crippen MR) is 134 cm³/mol. The number of carbonyl (C=O) groups is 1. The molecule has 2 N–H and O–H groups in total. The third-order valence-electron chi connectivity index (χ3n) is 7.71. The van der Waals surface area contributed by atoms with Gasteiger partial charge in [-0.15, -0.1) is 0 Å². The lowest BCUT2D eigenvalue weighted by atomic mass is 9.95. The van der Waals surface area contributed by atoms with Gasteiger partial charge in [-0.1, -0.05) is 0 Å². The summed E-state index contributed by atoms with van der Waals surface area (Å²) >= 11 is 0. The van der Waals surface area contributed by atoms with E-state index >= 15 is 0 Å². The molecule has 2 saturated heterocycles. The zero-order valence-electron chi connectivity index (χ0n) is 20.7. The molecule has 1 aromatic heterocycles. The van der Waals surface area contributed by atoms with Crippen LogP contribution < -0.4 is 5.32 Å². The van der Waals surface area contributed by atoms with E-state index in [2.05, 4.69) is 34.0 Å². The minimum absolute atomic E-state index is 0.0543. The molecule has 1 aromatic carbocycles. The molecule has 0 bridgehead atoms. The van der Waals surface area contributed by atoms with Crippen molar-refractivity contribution in [2.24, 2.45) is 10.9 Å². The topological polar surface area (TPSA) is 81.1 Å². The minimum atomic E-state index is -0.569. The highest BCUT2D eigenvalue weighted by atomic mass is 19.1. The zero-order chi connectivity index (χ0) is 24.7. The van der Waals surface area contributed by atoms with Crippen molar-refractivity contribution in [1.82, 2.24) is 20.1 Å². The number of hydrogen-bond acceptors (Lipinski definition) is 6. The maximum Gasteiger partial charge on any atom is 0.255 e. The molecule has 0 spiro atoms. The van der Waals surface area contributed by atoms with E-state index in [0.29, 0.717) is 36.0 Å². The van der Waals surface area contributed by atoms with E-state index in [9.17, 15) is 14.3 Å². The molecule has 8 heteroatoms. The second-order valence-electron chi connectivity index (χ2n) is 10.2. The highest BCUT2D eigenvalue weighted by Gasteiger charge is 2.36. The van der Waals surface area contributed by atoms with Crippen LogP contribution in [0.5, 0.6) is 5.75 Å². The largest absolute Gasteiger partial charge is 0.508 e. The van der Waals surface area contributed by atoms with Crippen LogP contribution in [0.2, 0.25) is 0 Å². The second-order valence-corrected chi connectivity index (χ2v) is 10.2. The number of pyridine rings is 1. The van der Waals surface area contributed by atoms with Crippen LogP contribution in [0.1, 0.15) is 55.2 Å². The number of rotatable bonds is 4. The highest BCUT2D eigenvalue weighted by Crippen LogP contribution is 2.32. The molecule has 186 valence electrons. The number of piperazine rings is 1. The van der Waals surface area contributed by atoms with Crippen LogP contribution in [0, 0.1) is 11.7 Å². The Morgan fingerprint density at radius 1 is 1.17 bits per heavy atom. The van der Waals surface area contributed by atoms with Gasteiger partial charge in [0.15, 0.2) is 0 Å². The molecule has 7 nitrogen and oxygen atoms in total. The number of phenolic OH excluding ortho intramolecular Hbond substituents is 1. The van der Waals surface area contributed by atoms with Gasteiger partial charge in [0.05, 0.1) is 23.5 Å². The number of piperidine rings is 1. The summed E-state index contributed by atoms with van der Waals surface area (Å²) < 4.78 is 14.7. The normalized spacial score (nSPS) is 23.3. The molecule has 2 aromatic rings. The first-order chi connectivity index (χ1) is 16.8. The average molecular weight is 480 g/mol. The summed E-state index contributed by atoms with van der Waals surface area (Å²) in [6.45, 7) is 11.3. The molecule has 2 atom stereocenters. The Hall–Kier alpha value is -2.84. The number of aromatic nitrogens is 1. The quantitative estimate of drug-likeness (QED) is 0.702. The van der Waals surface area contributed by atoms with Gasteiger partial charge in [0.1, 0.15) is 11.6 Å². The maximum absolute atomic E-state index is 14.7. The monoisotopic (exact) mass is 479 g/mol. The van der Waals surface area contributed by atoms with E-state index in [-0.39, 0.29) is 29.3 Å². The predicted octanol–water partition coefficient (Wildman–Crippen LogP) is 3.45. The first-order valence-electron chi connectivity index (χ1n) is 12.6. The third kappa shape index (κ3) is 4.69. The van der Waals surface area contributed by atoms with Gasteiger partial charge in [0.25, 0.3) is 5.91 Å². The van der Waals surface area contributed by atoms with Crippen molar-refractivity contribution in [1.29, 1.82) is 0 Å². The maximum atomic E-state index is 14.7. The SMILES string of the molecule is CC1=NCc2nc(-c3ccc(O)cc3F)cc(C(=O)N3C[C@@H](C)N(CC4CCNCC4)C[C@@H]3C)c21. The summed E-state index contributed by atoms with van der Waals surface area (Å²) in [6.07, 6.45) is 2.41. The van der Waals surface area contributed by atoms with Crippen LogP contribution in [0.15, 0.2) is 29.3 Å². The lowest BCUT2D eigenvalue weighted by Crippen LogP contribution is -2.59. The van der Waals surface area contributed by atoms with Crippen LogP contribution in [0.3, 0.4) is 0 Å². The Morgan fingerprint density at radius 2 is 1.94 bits per heavy atom. The fraction of sp³-hybridized carbons (Fsp3) is 0.519. The molecule has 1 amide bonds. The summed E-state index contributed by atoms with van der Waals surface area (Å²) in [7, 11) is 0. The van der Waals surface area contributed by atoms with Crippen LogP contribution in [-0.4, -0.2) is 76.3 Å². The van der Waals surface area contributed by atoms with Crippen molar-refractivity contribution in [3.63, 3.8) is 0 Å². The third-order valence-corrected chi connectivity index (χ3v) is 7.71. The Kier molecular flexibility index (Phi) is 6.59. The Balaban J connectivity index is 1.42. The van der Waals surface area contributed by atoms with Crippen LogP contribution in [0.4, 0.5) is 4.39 Å². The van der Waals surface area contributed by atoms with E-state index < -0.39 is 5.82 Å². The Morgan fingerprint density at radius 3 is 2.69 bits per heavy atom. The number of fused-ring (bicyclic) bond motifs is 1. The van der Waals surface area contributed by atoms with Crippen LogP contribution in [0.25, 0.3) is 11.3 Å². The molecule has 3 aliphatic rings. The number of benzene rings is 1. The van der Waals surface area contributed by atoms with Crippen molar-refractivity contribution in [2.75, 3.05) is 32.7 Å². The van der Waals surface area contributed by atoms with Crippen molar-refractivity contribution in [3.05, 3.63) is 46.9 Å². The summed E-state index contributed by atoms with van der Waals surface area (Å²) in [6, 6.07) is 6.03. The number of nitrogens with zero attached hydrogens (tertiary/aromatic N) is 4. The molecule has 0 saturated carbocycles. The fourth-order valence-electron chi connectivity index (χ4n) is 5.69. The first-order valence-corrected chi connectivity index (χ1v) is 12.6. The number of phenols is 1. The first kappa shape index (κ1) is 23.9. The van der Waals surface area contributed by atoms with Crippen molar-refractivity contribution < 1.29 is 14.3 Å². The van der Waals surface area contributed by atoms with Gasteiger partial charge < -0.3 is 15.3 Å². The minimum Gasteiger partial charge on any atom is -0.508 e. The number of aliphatic imine (C=N–C) groups is 1. The standard InChI is InChI=1S/C27H34FN5O2/c1-16-14-33(17(2)13-32(16)15-19-6-8-29-9-7-19)27(35)22-11-24(21-5-4-20(34)10-23(21)28)31-25-12-30-18(3)26(22)25/h4-5,10-11,16-17,19,29,34H,6-9,12-15H2,1-3H3/t16-,17+/m1/s1. The van der Waals surface area contributed by atoms with E-state index in [1.165, 1.54) is 25.0 Å². The van der Waals surface area contributed by atoms with Gasteiger partial charge in [-0.05, 0) is 70.8 Å². The summed E-state index contributed by atoms with van der Waals surface area (Å²) in [5.41, 5.74) is 3.44. The number of halogens is 1. The van der Waals surface area contributed by atoms with Crippen molar-refractivity contribution in [2.45, 2.75) is 52.2 Å². The van der Waals surface area contributed by atoms with Gasteiger partial charge in [0, 0.05) is 54.6 Å². The second kappa shape index (κ2) is 9.66. The van der Waals surface area contributed by atoms with Gasteiger partial charge in [-0.3, -0.25) is 14.7 Å². The van der Waals surface area contributed by atoms with E-state index in [4.69, 9.17) is 0 Å². The van der Waals surface area contributed by atoms with Crippen LogP contribution in [-0.2, 0) is 6.54 Å².